The zero-order valence-electron chi connectivity index (χ0n) is 10.0. The number of halogens is 3. The normalized spacial score (nSPS) is 12.5. The lowest BCUT2D eigenvalue weighted by molar-refractivity contribution is -0.0436. The molecule has 0 saturated heterocycles. The first kappa shape index (κ1) is 14.8. The number of hydrogen-bond acceptors (Lipinski definition) is 3. The first-order valence-electron chi connectivity index (χ1n) is 5.40. The first-order valence-corrected chi connectivity index (χ1v) is 6.88. The Morgan fingerprint density at radius 2 is 1.50 bits per heavy atom. The summed E-state index contributed by atoms with van der Waals surface area (Å²) in [7, 11) is -5.25. The van der Waals surface area contributed by atoms with Crippen molar-refractivity contribution in [2.45, 2.75) is 24.3 Å². The topological polar surface area (TPSA) is 37.4 Å². The van der Waals surface area contributed by atoms with Crippen LogP contribution < -0.4 is 4.90 Å². The van der Waals surface area contributed by atoms with Gasteiger partial charge in [0, 0.05) is 18.8 Å². The molecule has 18 heavy (non-hydrogen) atoms. The van der Waals surface area contributed by atoms with E-state index in [2.05, 4.69) is 0 Å². The maximum absolute atomic E-state index is 12.3. The molecule has 0 amide bonds. The lowest BCUT2D eigenvalue weighted by Crippen LogP contribution is -2.24. The van der Waals surface area contributed by atoms with E-state index in [1.165, 1.54) is 12.1 Å². The number of nitrogens with zero attached hydrogens (tertiary/aromatic N) is 1. The summed E-state index contributed by atoms with van der Waals surface area (Å²) in [5, 5.41) is 0. The molecule has 0 fully saturated rings. The third-order valence-electron chi connectivity index (χ3n) is 2.58. The van der Waals surface area contributed by atoms with Crippen molar-refractivity contribution in [1.82, 2.24) is 0 Å². The van der Waals surface area contributed by atoms with Crippen LogP contribution in [0.25, 0.3) is 0 Å². The standard InChI is InChI=1S/C11H14F3NO2S/c1-3-15(4-2)9-5-7-10(8-6-9)18(16,17)11(12,13)14/h5-8H,3-4H2,1-2H3. The number of hydrogen-bond donors (Lipinski definition) is 0. The Kier molecular flexibility index (Phi) is 4.26. The van der Waals surface area contributed by atoms with Gasteiger partial charge in [-0.25, -0.2) is 8.42 Å². The van der Waals surface area contributed by atoms with Gasteiger partial charge in [0.2, 0.25) is 0 Å². The molecular weight excluding hydrogens is 267 g/mol. The van der Waals surface area contributed by atoms with Crippen LogP contribution >= 0.6 is 0 Å². The Labute approximate surface area is 104 Å². The summed E-state index contributed by atoms with van der Waals surface area (Å²) < 4.78 is 59.2. The molecule has 0 unspecified atom stereocenters. The smallest absolute Gasteiger partial charge is 0.372 e. The Hall–Kier alpha value is -1.24. The molecule has 1 aromatic carbocycles. The van der Waals surface area contributed by atoms with E-state index in [1.807, 2.05) is 18.7 Å². The molecule has 7 heteroatoms. The molecule has 0 aliphatic carbocycles. The monoisotopic (exact) mass is 281 g/mol. The van der Waals surface area contributed by atoms with Crippen molar-refractivity contribution in [2.24, 2.45) is 0 Å². The summed E-state index contributed by atoms with van der Waals surface area (Å²) in [5.74, 6) is 0. The minimum absolute atomic E-state index is 0.695. The summed E-state index contributed by atoms with van der Waals surface area (Å²) >= 11 is 0. The summed E-state index contributed by atoms with van der Waals surface area (Å²) in [6.07, 6.45) is 0. The molecule has 1 rings (SSSR count). The number of rotatable bonds is 4. The lowest BCUT2D eigenvalue weighted by Gasteiger charge is -2.21. The van der Waals surface area contributed by atoms with Gasteiger partial charge in [-0.05, 0) is 38.1 Å². The van der Waals surface area contributed by atoms with Crippen LogP contribution in [0.3, 0.4) is 0 Å². The summed E-state index contributed by atoms with van der Waals surface area (Å²) in [4.78, 5) is 1.18. The number of alkyl halides is 3. The van der Waals surface area contributed by atoms with Gasteiger partial charge >= 0.3 is 5.51 Å². The van der Waals surface area contributed by atoms with E-state index in [1.54, 1.807) is 0 Å². The molecule has 102 valence electrons. The predicted octanol–water partition coefficient (Wildman–Crippen LogP) is 2.83. The van der Waals surface area contributed by atoms with Crippen molar-refractivity contribution in [3.05, 3.63) is 24.3 Å². The van der Waals surface area contributed by atoms with Crippen LogP contribution in [0.5, 0.6) is 0 Å². The summed E-state index contributed by atoms with van der Waals surface area (Å²) in [6, 6.07) is 4.73. The van der Waals surface area contributed by atoms with Gasteiger partial charge in [0.15, 0.2) is 0 Å². The van der Waals surface area contributed by atoms with Crippen LogP contribution in [0.15, 0.2) is 29.2 Å². The highest BCUT2D eigenvalue weighted by molar-refractivity contribution is 7.92. The highest BCUT2D eigenvalue weighted by Crippen LogP contribution is 2.31. The fourth-order valence-electron chi connectivity index (χ4n) is 1.56. The molecule has 0 N–H and O–H groups in total. The van der Waals surface area contributed by atoms with Gasteiger partial charge in [0.1, 0.15) is 0 Å². The third-order valence-corrected chi connectivity index (χ3v) is 4.08. The van der Waals surface area contributed by atoms with Crippen LogP contribution in [0.4, 0.5) is 18.9 Å². The Morgan fingerprint density at radius 1 is 1.06 bits per heavy atom. The Morgan fingerprint density at radius 3 is 1.83 bits per heavy atom. The first-order chi connectivity index (χ1) is 8.24. The molecule has 0 aliphatic rings. The molecule has 1 aromatic rings. The second kappa shape index (κ2) is 5.17. The molecule has 0 atom stereocenters. The van der Waals surface area contributed by atoms with Crippen LogP contribution in [-0.4, -0.2) is 27.0 Å². The van der Waals surface area contributed by atoms with Crippen molar-refractivity contribution in [3.63, 3.8) is 0 Å². The quantitative estimate of drug-likeness (QED) is 0.851. The van der Waals surface area contributed by atoms with Crippen molar-refractivity contribution < 1.29 is 21.6 Å². The minimum atomic E-state index is -5.26. The zero-order chi connectivity index (χ0) is 14.0. The second-order valence-electron chi connectivity index (χ2n) is 3.62. The highest BCUT2D eigenvalue weighted by atomic mass is 32.2. The molecular formula is C11H14F3NO2S. The van der Waals surface area contributed by atoms with Crippen molar-refractivity contribution in [2.75, 3.05) is 18.0 Å². The Balaban J connectivity index is 3.11. The second-order valence-corrected chi connectivity index (χ2v) is 5.56. The largest absolute Gasteiger partial charge is 0.501 e. The van der Waals surface area contributed by atoms with E-state index in [4.69, 9.17) is 0 Å². The fourth-order valence-corrected chi connectivity index (χ4v) is 2.32. The van der Waals surface area contributed by atoms with Crippen LogP contribution in [-0.2, 0) is 9.84 Å². The van der Waals surface area contributed by atoms with Crippen molar-refractivity contribution >= 4 is 15.5 Å². The average Bonchev–Trinajstić information content (AvgIpc) is 2.30. The lowest BCUT2D eigenvalue weighted by atomic mass is 10.3. The van der Waals surface area contributed by atoms with Crippen LogP contribution in [0.1, 0.15) is 13.8 Å². The molecule has 0 heterocycles. The van der Waals surface area contributed by atoms with E-state index >= 15 is 0 Å². The van der Waals surface area contributed by atoms with E-state index in [0.29, 0.717) is 18.8 Å². The zero-order valence-corrected chi connectivity index (χ0v) is 10.8. The summed E-state index contributed by atoms with van der Waals surface area (Å²) in [5.41, 5.74) is -4.56. The number of benzene rings is 1. The van der Waals surface area contributed by atoms with E-state index in [9.17, 15) is 21.6 Å². The number of anilines is 1. The fraction of sp³-hybridized carbons (Fsp3) is 0.455. The molecule has 0 bridgehead atoms. The minimum Gasteiger partial charge on any atom is -0.372 e. The van der Waals surface area contributed by atoms with Crippen LogP contribution in [0.2, 0.25) is 0 Å². The molecule has 0 aromatic heterocycles. The van der Waals surface area contributed by atoms with E-state index in [-0.39, 0.29) is 0 Å². The maximum atomic E-state index is 12.3. The SMILES string of the molecule is CCN(CC)c1ccc(S(=O)(=O)C(F)(F)F)cc1. The average molecular weight is 281 g/mol. The van der Waals surface area contributed by atoms with Gasteiger partial charge in [0.25, 0.3) is 9.84 Å². The molecule has 0 spiro atoms. The third kappa shape index (κ3) is 2.77. The van der Waals surface area contributed by atoms with E-state index < -0.39 is 20.2 Å². The Bertz CT molecular complexity index is 490. The van der Waals surface area contributed by atoms with E-state index in [0.717, 1.165) is 12.1 Å². The highest BCUT2D eigenvalue weighted by Gasteiger charge is 2.46. The molecule has 0 saturated carbocycles. The van der Waals surface area contributed by atoms with Gasteiger partial charge in [0.05, 0.1) is 4.90 Å². The molecule has 3 nitrogen and oxygen atoms in total. The molecule has 0 radical (unpaired) electrons. The summed E-state index contributed by atoms with van der Waals surface area (Å²) in [6.45, 7) is 5.21. The van der Waals surface area contributed by atoms with Crippen molar-refractivity contribution in [1.29, 1.82) is 0 Å². The van der Waals surface area contributed by atoms with Crippen LogP contribution in [0, 0.1) is 0 Å². The maximum Gasteiger partial charge on any atom is 0.501 e. The van der Waals surface area contributed by atoms with Crippen molar-refractivity contribution in [3.8, 4) is 0 Å². The van der Waals surface area contributed by atoms with Gasteiger partial charge in [-0.2, -0.15) is 13.2 Å². The molecule has 0 aliphatic heterocycles. The van der Waals surface area contributed by atoms with Gasteiger partial charge in [-0.15, -0.1) is 0 Å². The van der Waals surface area contributed by atoms with Gasteiger partial charge in [-0.3, -0.25) is 0 Å². The van der Waals surface area contributed by atoms with Gasteiger partial charge in [-0.1, -0.05) is 0 Å². The van der Waals surface area contributed by atoms with Gasteiger partial charge < -0.3 is 4.90 Å². The predicted molar refractivity (Wildman–Crippen MR) is 63.2 cm³/mol. The number of sulfone groups is 1.